The van der Waals surface area contributed by atoms with Gasteiger partial charge in [0.1, 0.15) is 13.2 Å². The summed E-state index contributed by atoms with van der Waals surface area (Å²) in [5.74, 6) is 1.87. The van der Waals surface area contributed by atoms with E-state index < -0.39 is 0 Å². The van der Waals surface area contributed by atoms with Crippen molar-refractivity contribution in [3.63, 3.8) is 0 Å². The van der Waals surface area contributed by atoms with Crippen LogP contribution >= 0.6 is 11.8 Å². The Hall–Kier alpha value is -2.19. The third-order valence-corrected chi connectivity index (χ3v) is 5.39. The highest BCUT2D eigenvalue weighted by atomic mass is 32.2. The van der Waals surface area contributed by atoms with E-state index in [0.29, 0.717) is 32.1 Å². The summed E-state index contributed by atoms with van der Waals surface area (Å²) < 4.78 is 18.9. The third kappa shape index (κ3) is 5.90. The molecule has 1 aliphatic rings. The van der Waals surface area contributed by atoms with Gasteiger partial charge < -0.3 is 24.1 Å². The third-order valence-electron chi connectivity index (χ3n) is 4.40. The zero-order chi connectivity index (χ0) is 20.6. The van der Waals surface area contributed by atoms with Gasteiger partial charge in [0.25, 0.3) is 0 Å². The number of carbonyl (C=O) groups is 1. The number of imidazole rings is 1. The van der Waals surface area contributed by atoms with E-state index in [1.807, 2.05) is 38.2 Å². The first-order valence-electron chi connectivity index (χ1n) is 10.0. The summed E-state index contributed by atoms with van der Waals surface area (Å²) in [6.07, 6.45) is 2.88. The number of fused-ring (bicyclic) bond motifs is 1. The lowest BCUT2D eigenvalue weighted by atomic mass is 10.1. The van der Waals surface area contributed by atoms with Crippen LogP contribution in [0.25, 0.3) is 11.3 Å². The monoisotopic (exact) mass is 419 g/mol. The molecule has 0 unspecified atom stereocenters. The lowest BCUT2D eigenvalue weighted by Gasteiger charge is -2.19. The molecule has 3 rings (SSSR count). The van der Waals surface area contributed by atoms with Crippen molar-refractivity contribution in [3.8, 4) is 22.8 Å². The minimum atomic E-state index is 0.00563. The van der Waals surface area contributed by atoms with Crippen molar-refractivity contribution in [1.82, 2.24) is 14.9 Å². The second kappa shape index (κ2) is 10.5. The van der Waals surface area contributed by atoms with Crippen molar-refractivity contribution in [3.05, 3.63) is 24.4 Å². The van der Waals surface area contributed by atoms with Crippen LogP contribution in [0.3, 0.4) is 0 Å². The molecule has 7 nitrogen and oxygen atoms in total. The molecule has 2 heterocycles. The number of hydrogen-bond acceptors (Lipinski definition) is 6. The Bertz CT molecular complexity index is 822. The summed E-state index contributed by atoms with van der Waals surface area (Å²) in [5, 5.41) is 3.76. The van der Waals surface area contributed by atoms with Crippen molar-refractivity contribution < 1.29 is 19.0 Å². The molecule has 2 aromatic rings. The highest BCUT2D eigenvalue weighted by Crippen LogP contribution is 2.35. The predicted octanol–water partition coefficient (Wildman–Crippen LogP) is 3.36. The number of nitrogens with zero attached hydrogens (tertiary/aromatic N) is 2. The van der Waals surface area contributed by atoms with Crippen LogP contribution in [0, 0.1) is 0 Å². The van der Waals surface area contributed by atoms with E-state index in [2.05, 4.69) is 21.8 Å². The van der Waals surface area contributed by atoms with Gasteiger partial charge >= 0.3 is 0 Å². The van der Waals surface area contributed by atoms with E-state index in [0.717, 1.165) is 40.9 Å². The fourth-order valence-corrected chi connectivity index (χ4v) is 3.89. The van der Waals surface area contributed by atoms with Gasteiger partial charge in [-0.05, 0) is 45.4 Å². The highest BCUT2D eigenvalue weighted by Gasteiger charge is 2.16. The summed E-state index contributed by atoms with van der Waals surface area (Å²) in [6.45, 7) is 9.26. The fraction of sp³-hybridized carbons (Fsp3) is 0.524. The van der Waals surface area contributed by atoms with E-state index in [9.17, 15) is 4.79 Å². The zero-order valence-electron chi connectivity index (χ0n) is 17.3. The smallest absolute Gasteiger partial charge is 0.230 e. The van der Waals surface area contributed by atoms with Crippen LogP contribution < -0.4 is 14.8 Å². The number of ether oxygens (including phenoxy) is 3. The van der Waals surface area contributed by atoms with E-state index in [-0.39, 0.29) is 12.0 Å². The Morgan fingerprint density at radius 2 is 2.10 bits per heavy atom. The van der Waals surface area contributed by atoms with Crippen LogP contribution in [0.5, 0.6) is 11.5 Å². The maximum Gasteiger partial charge on any atom is 0.230 e. The Labute approximate surface area is 176 Å². The normalized spacial score (nSPS) is 13.0. The van der Waals surface area contributed by atoms with Gasteiger partial charge in [0, 0.05) is 25.3 Å². The first-order valence-corrected chi connectivity index (χ1v) is 11.0. The molecule has 0 saturated heterocycles. The molecular weight excluding hydrogens is 390 g/mol. The molecule has 0 spiro atoms. The average molecular weight is 420 g/mol. The summed E-state index contributed by atoms with van der Waals surface area (Å²) in [7, 11) is 0. The number of nitrogens with one attached hydrogen (secondary N) is 1. The molecule has 0 saturated carbocycles. The molecule has 8 heteroatoms. The molecule has 1 amide bonds. The van der Waals surface area contributed by atoms with Crippen molar-refractivity contribution in [1.29, 1.82) is 0 Å². The van der Waals surface area contributed by atoms with Crippen molar-refractivity contribution in [2.75, 3.05) is 32.1 Å². The van der Waals surface area contributed by atoms with Crippen molar-refractivity contribution >= 4 is 17.7 Å². The lowest BCUT2D eigenvalue weighted by Crippen LogP contribution is -2.27. The Morgan fingerprint density at radius 3 is 2.86 bits per heavy atom. The topological polar surface area (TPSA) is 74.6 Å². The molecule has 1 aliphatic heterocycles. The minimum absolute atomic E-state index is 0.00563. The number of carbonyl (C=O) groups excluding carboxylic acids is 1. The van der Waals surface area contributed by atoms with Gasteiger partial charge in [0.2, 0.25) is 5.91 Å². The number of thioether (sulfide) groups is 1. The first-order chi connectivity index (χ1) is 14.1. The molecule has 158 valence electrons. The maximum atomic E-state index is 12.1. The Morgan fingerprint density at radius 1 is 1.31 bits per heavy atom. The molecule has 0 bridgehead atoms. The van der Waals surface area contributed by atoms with Crippen LogP contribution in [0.2, 0.25) is 0 Å². The lowest BCUT2D eigenvalue weighted by molar-refractivity contribution is -0.118. The second-order valence-electron chi connectivity index (χ2n) is 6.94. The zero-order valence-corrected chi connectivity index (χ0v) is 18.1. The summed E-state index contributed by atoms with van der Waals surface area (Å²) in [5.41, 5.74) is 2.02. The van der Waals surface area contributed by atoms with Gasteiger partial charge in [-0.15, -0.1) is 0 Å². The molecular formula is C21H29N3O4S. The van der Waals surface area contributed by atoms with E-state index in [1.54, 1.807) is 0 Å². The predicted molar refractivity (Wildman–Crippen MR) is 114 cm³/mol. The summed E-state index contributed by atoms with van der Waals surface area (Å²) >= 11 is 1.45. The molecule has 0 atom stereocenters. The van der Waals surface area contributed by atoms with E-state index in [1.165, 1.54) is 11.8 Å². The quantitative estimate of drug-likeness (QED) is 0.470. The molecule has 1 N–H and O–H groups in total. The average Bonchev–Trinajstić information content (AvgIpc) is 3.14. The summed E-state index contributed by atoms with van der Waals surface area (Å²) in [4.78, 5) is 16.6. The molecule has 1 aromatic heterocycles. The molecule has 0 radical (unpaired) electrons. The largest absolute Gasteiger partial charge is 0.486 e. The van der Waals surface area contributed by atoms with Crippen molar-refractivity contribution in [2.45, 2.75) is 45.0 Å². The highest BCUT2D eigenvalue weighted by molar-refractivity contribution is 7.99. The maximum absolute atomic E-state index is 12.1. The van der Waals surface area contributed by atoms with Gasteiger partial charge in [-0.2, -0.15) is 0 Å². The van der Waals surface area contributed by atoms with Gasteiger partial charge in [0.05, 0.1) is 23.7 Å². The molecule has 0 aliphatic carbocycles. The Balaban J connectivity index is 1.56. The van der Waals surface area contributed by atoms with Crippen LogP contribution in [0.15, 0.2) is 29.6 Å². The van der Waals surface area contributed by atoms with Crippen molar-refractivity contribution in [2.24, 2.45) is 0 Å². The number of hydrogen-bond donors (Lipinski definition) is 1. The number of benzene rings is 1. The number of aromatic nitrogens is 2. The van der Waals surface area contributed by atoms with E-state index >= 15 is 0 Å². The number of amides is 1. The molecule has 1 aromatic carbocycles. The van der Waals surface area contributed by atoms with Crippen LogP contribution in [0.1, 0.15) is 27.2 Å². The SMILES string of the molecule is CCn1c(-c2ccc3c(c2)OCCO3)cnc1SCC(=O)NCCCOC(C)C. The Kier molecular flexibility index (Phi) is 7.83. The van der Waals surface area contributed by atoms with Gasteiger partial charge in [-0.1, -0.05) is 11.8 Å². The second-order valence-corrected chi connectivity index (χ2v) is 7.88. The minimum Gasteiger partial charge on any atom is -0.486 e. The van der Waals surface area contributed by atoms with Crippen LogP contribution in [0.4, 0.5) is 0 Å². The van der Waals surface area contributed by atoms with Crippen LogP contribution in [-0.4, -0.2) is 53.7 Å². The number of rotatable bonds is 10. The van der Waals surface area contributed by atoms with Gasteiger partial charge in [0.15, 0.2) is 16.7 Å². The fourth-order valence-electron chi connectivity index (χ4n) is 3.01. The van der Waals surface area contributed by atoms with E-state index in [4.69, 9.17) is 14.2 Å². The summed E-state index contributed by atoms with van der Waals surface area (Å²) in [6, 6.07) is 5.93. The van der Waals surface area contributed by atoms with Gasteiger partial charge in [-0.25, -0.2) is 4.98 Å². The molecule has 0 fully saturated rings. The first kappa shape index (κ1) is 21.5. The van der Waals surface area contributed by atoms with Crippen LogP contribution in [-0.2, 0) is 16.1 Å². The van der Waals surface area contributed by atoms with Gasteiger partial charge in [-0.3, -0.25) is 4.79 Å². The standard InChI is InChI=1S/C21H29N3O4S/c1-4-24-17(16-6-7-18-19(12-16)28-11-10-27-18)13-23-21(24)29-14-20(25)22-8-5-9-26-15(2)3/h6-7,12-13,15H,4-5,8-11,14H2,1-3H3,(H,22,25). The molecule has 29 heavy (non-hydrogen) atoms.